The Morgan fingerprint density at radius 3 is 2.54 bits per heavy atom. The van der Waals surface area contributed by atoms with Gasteiger partial charge in [0.1, 0.15) is 0 Å². The highest BCUT2D eigenvalue weighted by Crippen LogP contribution is 2.09. The van der Waals surface area contributed by atoms with Gasteiger partial charge >= 0.3 is 0 Å². The molecule has 0 aliphatic carbocycles. The zero-order valence-electron chi connectivity index (χ0n) is 16.6. The van der Waals surface area contributed by atoms with E-state index in [0.717, 1.165) is 38.6 Å². The number of furan rings is 1. The number of unbranched alkanes of at least 4 members (excludes halogenated alkanes) is 1. The summed E-state index contributed by atoms with van der Waals surface area (Å²) in [6.45, 7) is 9.39. The van der Waals surface area contributed by atoms with Crippen LogP contribution in [0.5, 0.6) is 0 Å². The molecule has 1 aliphatic heterocycles. The SMILES string of the molecule is CN=C(NCCCCN(C)C(C)C)N1CCN(C(=O)c2ccco2)CC1. The summed E-state index contributed by atoms with van der Waals surface area (Å²) in [5, 5.41) is 3.45. The fourth-order valence-corrected chi connectivity index (χ4v) is 2.95. The molecule has 1 aromatic rings. The number of aliphatic imine (C=N–C) groups is 1. The minimum Gasteiger partial charge on any atom is -0.459 e. The molecule has 1 N–H and O–H groups in total. The van der Waals surface area contributed by atoms with Crippen molar-refractivity contribution in [3.05, 3.63) is 24.2 Å². The first kappa shape index (κ1) is 20.3. The highest BCUT2D eigenvalue weighted by molar-refractivity contribution is 5.91. The van der Waals surface area contributed by atoms with Gasteiger partial charge in [0.25, 0.3) is 5.91 Å². The van der Waals surface area contributed by atoms with E-state index in [1.165, 1.54) is 12.7 Å². The van der Waals surface area contributed by atoms with E-state index in [1.54, 1.807) is 12.1 Å². The molecule has 0 saturated carbocycles. The van der Waals surface area contributed by atoms with Crippen LogP contribution in [0.25, 0.3) is 0 Å². The quantitative estimate of drug-likeness (QED) is 0.454. The Kier molecular flexibility index (Phi) is 7.97. The molecule has 146 valence electrons. The molecule has 0 bridgehead atoms. The third kappa shape index (κ3) is 5.76. The van der Waals surface area contributed by atoms with Crippen molar-refractivity contribution in [1.29, 1.82) is 0 Å². The number of guanidine groups is 1. The Hall–Kier alpha value is -2.02. The number of piperazine rings is 1. The molecule has 1 amide bonds. The van der Waals surface area contributed by atoms with E-state index in [9.17, 15) is 4.79 Å². The van der Waals surface area contributed by atoms with E-state index >= 15 is 0 Å². The van der Waals surface area contributed by atoms with Crippen LogP contribution in [0.1, 0.15) is 37.2 Å². The summed E-state index contributed by atoms with van der Waals surface area (Å²) >= 11 is 0. The van der Waals surface area contributed by atoms with Gasteiger partial charge in [0, 0.05) is 45.8 Å². The van der Waals surface area contributed by atoms with Crippen molar-refractivity contribution < 1.29 is 9.21 Å². The number of carbonyl (C=O) groups excluding carboxylic acids is 1. The maximum Gasteiger partial charge on any atom is 0.289 e. The molecule has 7 nitrogen and oxygen atoms in total. The van der Waals surface area contributed by atoms with Gasteiger partial charge in [-0.15, -0.1) is 0 Å². The Bertz CT molecular complexity index is 562. The van der Waals surface area contributed by atoms with Crippen LogP contribution in [0.15, 0.2) is 27.8 Å². The Morgan fingerprint density at radius 2 is 1.96 bits per heavy atom. The Balaban J connectivity index is 1.69. The maximum absolute atomic E-state index is 12.3. The van der Waals surface area contributed by atoms with E-state index in [4.69, 9.17) is 4.42 Å². The van der Waals surface area contributed by atoms with Crippen LogP contribution in [-0.2, 0) is 0 Å². The standard InChI is InChI=1S/C19H33N5O2/c1-16(2)22(4)10-6-5-9-21-19(20-3)24-13-11-23(12-14-24)18(25)17-8-7-15-26-17/h7-8,15-16H,5-6,9-14H2,1-4H3,(H,20,21). The van der Waals surface area contributed by atoms with E-state index < -0.39 is 0 Å². The lowest BCUT2D eigenvalue weighted by atomic mass is 10.2. The molecule has 7 heteroatoms. The predicted molar refractivity (Wildman–Crippen MR) is 105 cm³/mol. The number of nitrogens with one attached hydrogen (secondary N) is 1. The molecule has 0 unspecified atom stereocenters. The van der Waals surface area contributed by atoms with Crippen LogP contribution in [0, 0.1) is 0 Å². The van der Waals surface area contributed by atoms with Crippen molar-refractivity contribution in [1.82, 2.24) is 20.0 Å². The van der Waals surface area contributed by atoms with E-state index in [2.05, 4.69) is 41.0 Å². The minimum absolute atomic E-state index is 0.0353. The van der Waals surface area contributed by atoms with Gasteiger partial charge in [0.2, 0.25) is 0 Å². The maximum atomic E-state index is 12.3. The van der Waals surface area contributed by atoms with E-state index in [-0.39, 0.29) is 5.91 Å². The van der Waals surface area contributed by atoms with Crippen LogP contribution in [0.4, 0.5) is 0 Å². The number of hydrogen-bond acceptors (Lipinski definition) is 4. The molecule has 2 rings (SSSR count). The minimum atomic E-state index is -0.0353. The molecule has 1 saturated heterocycles. The molecule has 26 heavy (non-hydrogen) atoms. The van der Waals surface area contributed by atoms with Crippen LogP contribution in [0.3, 0.4) is 0 Å². The van der Waals surface area contributed by atoms with Gasteiger partial charge in [-0.25, -0.2) is 0 Å². The average molecular weight is 364 g/mol. The first-order valence-electron chi connectivity index (χ1n) is 9.51. The lowest BCUT2D eigenvalue weighted by molar-refractivity contribution is 0.0657. The summed E-state index contributed by atoms with van der Waals surface area (Å²) in [5.41, 5.74) is 0. The van der Waals surface area contributed by atoms with Gasteiger partial charge in [0.15, 0.2) is 11.7 Å². The van der Waals surface area contributed by atoms with Crippen LogP contribution >= 0.6 is 0 Å². The van der Waals surface area contributed by atoms with Gasteiger partial charge in [-0.1, -0.05) is 0 Å². The summed E-state index contributed by atoms with van der Waals surface area (Å²) < 4.78 is 5.21. The van der Waals surface area contributed by atoms with E-state index in [1.807, 2.05) is 11.9 Å². The molecule has 1 aliphatic rings. The average Bonchev–Trinajstić information content (AvgIpc) is 3.18. The van der Waals surface area contributed by atoms with Crippen molar-refractivity contribution in [2.24, 2.45) is 4.99 Å². The van der Waals surface area contributed by atoms with Gasteiger partial charge in [-0.2, -0.15) is 0 Å². The second-order valence-corrected chi connectivity index (χ2v) is 7.01. The summed E-state index contributed by atoms with van der Waals surface area (Å²) in [5.74, 6) is 1.30. The Labute approximate surface area is 157 Å². The Morgan fingerprint density at radius 1 is 1.27 bits per heavy atom. The molecule has 2 heterocycles. The highest BCUT2D eigenvalue weighted by Gasteiger charge is 2.24. The van der Waals surface area contributed by atoms with Crippen LogP contribution in [-0.4, -0.2) is 86.0 Å². The third-order valence-corrected chi connectivity index (χ3v) is 4.91. The monoisotopic (exact) mass is 363 g/mol. The first-order valence-corrected chi connectivity index (χ1v) is 9.51. The fraction of sp³-hybridized carbons (Fsp3) is 0.684. The fourth-order valence-electron chi connectivity index (χ4n) is 2.95. The molecule has 1 aromatic heterocycles. The smallest absolute Gasteiger partial charge is 0.289 e. The van der Waals surface area contributed by atoms with Crippen molar-refractivity contribution in [2.45, 2.75) is 32.7 Å². The van der Waals surface area contributed by atoms with Crippen molar-refractivity contribution in [3.8, 4) is 0 Å². The number of amides is 1. The lowest BCUT2D eigenvalue weighted by Gasteiger charge is -2.36. The lowest BCUT2D eigenvalue weighted by Crippen LogP contribution is -2.53. The number of carbonyl (C=O) groups is 1. The molecule has 0 atom stereocenters. The number of rotatable bonds is 7. The molecule has 1 fully saturated rings. The largest absolute Gasteiger partial charge is 0.459 e. The van der Waals surface area contributed by atoms with Crippen molar-refractivity contribution >= 4 is 11.9 Å². The molecular formula is C19H33N5O2. The van der Waals surface area contributed by atoms with Gasteiger partial charge in [-0.3, -0.25) is 9.79 Å². The summed E-state index contributed by atoms with van der Waals surface area (Å²) in [6.07, 6.45) is 3.82. The second-order valence-electron chi connectivity index (χ2n) is 7.01. The zero-order chi connectivity index (χ0) is 18.9. The van der Waals surface area contributed by atoms with Gasteiger partial charge < -0.3 is 24.4 Å². The highest BCUT2D eigenvalue weighted by atomic mass is 16.3. The third-order valence-electron chi connectivity index (χ3n) is 4.91. The first-order chi connectivity index (χ1) is 12.5. The summed E-state index contributed by atoms with van der Waals surface area (Å²) in [6, 6.07) is 4.05. The zero-order valence-corrected chi connectivity index (χ0v) is 16.6. The van der Waals surface area contributed by atoms with Crippen molar-refractivity contribution in [2.75, 3.05) is 53.4 Å². The van der Waals surface area contributed by atoms with Gasteiger partial charge in [0.05, 0.1) is 6.26 Å². The number of hydrogen-bond donors (Lipinski definition) is 1. The molecular weight excluding hydrogens is 330 g/mol. The molecule has 0 radical (unpaired) electrons. The van der Waals surface area contributed by atoms with Gasteiger partial charge in [-0.05, 0) is 52.4 Å². The second kappa shape index (κ2) is 10.2. The summed E-state index contributed by atoms with van der Waals surface area (Å²) in [4.78, 5) is 23.1. The molecule has 0 spiro atoms. The molecule has 0 aromatic carbocycles. The summed E-state index contributed by atoms with van der Waals surface area (Å²) in [7, 11) is 3.98. The van der Waals surface area contributed by atoms with E-state index in [0.29, 0.717) is 24.9 Å². The predicted octanol–water partition coefficient (Wildman–Crippen LogP) is 1.73. The van der Waals surface area contributed by atoms with Crippen LogP contribution < -0.4 is 5.32 Å². The van der Waals surface area contributed by atoms with Crippen LogP contribution in [0.2, 0.25) is 0 Å². The van der Waals surface area contributed by atoms with Crippen molar-refractivity contribution in [3.63, 3.8) is 0 Å². The normalized spacial score (nSPS) is 15.8. The topological polar surface area (TPSA) is 64.3 Å². The number of nitrogens with zero attached hydrogens (tertiary/aromatic N) is 4.